The minimum Gasteiger partial charge on any atom is -0.487 e. The van der Waals surface area contributed by atoms with Crippen LogP contribution < -0.4 is 10.5 Å². The highest BCUT2D eigenvalue weighted by atomic mass is 35.5. The quantitative estimate of drug-likeness (QED) is 0.832. The van der Waals surface area contributed by atoms with Crippen molar-refractivity contribution in [3.63, 3.8) is 0 Å². The van der Waals surface area contributed by atoms with Crippen molar-refractivity contribution in [3.8, 4) is 5.75 Å². The van der Waals surface area contributed by atoms with Crippen molar-refractivity contribution in [2.45, 2.75) is 6.61 Å². The first kappa shape index (κ1) is 10.3. The molecule has 2 N–H and O–H groups in total. The molecule has 2 nitrogen and oxygen atoms in total. The fraction of sp³-hybridized carbons (Fsp3) is 0.0909. The van der Waals surface area contributed by atoms with Gasteiger partial charge in [-0.3, -0.25) is 0 Å². The third kappa shape index (κ3) is 2.64. The van der Waals surface area contributed by atoms with Crippen LogP contribution in [0, 0.1) is 0 Å². The predicted molar refractivity (Wildman–Crippen MR) is 64.5 cm³/mol. The zero-order valence-corrected chi connectivity index (χ0v) is 9.52. The van der Waals surface area contributed by atoms with Gasteiger partial charge in [0, 0.05) is 11.8 Å². The average molecular weight is 240 g/mol. The maximum Gasteiger partial charge on any atom is 0.140 e. The zero-order chi connectivity index (χ0) is 10.7. The molecule has 1 aromatic heterocycles. The van der Waals surface area contributed by atoms with Gasteiger partial charge in [0.05, 0.1) is 5.02 Å². The molecule has 2 aromatic rings. The van der Waals surface area contributed by atoms with Gasteiger partial charge in [0.15, 0.2) is 0 Å². The Morgan fingerprint density at radius 2 is 2.20 bits per heavy atom. The molecular formula is C11H10ClNOS. The predicted octanol–water partition coefficient (Wildman–Crippen LogP) is 3.56. The molecule has 15 heavy (non-hydrogen) atoms. The van der Waals surface area contributed by atoms with Crippen LogP contribution in [0.5, 0.6) is 5.75 Å². The van der Waals surface area contributed by atoms with Gasteiger partial charge < -0.3 is 10.5 Å². The molecule has 0 atom stereocenters. The van der Waals surface area contributed by atoms with Crippen LogP contribution >= 0.6 is 22.9 Å². The highest BCUT2D eigenvalue weighted by Crippen LogP contribution is 2.27. The van der Waals surface area contributed by atoms with Crippen LogP contribution in [0.15, 0.2) is 35.0 Å². The topological polar surface area (TPSA) is 35.2 Å². The van der Waals surface area contributed by atoms with E-state index in [9.17, 15) is 0 Å². The maximum atomic E-state index is 5.96. The second kappa shape index (κ2) is 4.55. The molecule has 0 radical (unpaired) electrons. The summed E-state index contributed by atoms with van der Waals surface area (Å²) in [5.74, 6) is 0.628. The van der Waals surface area contributed by atoms with E-state index in [0.29, 0.717) is 23.1 Å². The van der Waals surface area contributed by atoms with E-state index >= 15 is 0 Å². The van der Waals surface area contributed by atoms with Gasteiger partial charge >= 0.3 is 0 Å². The maximum absolute atomic E-state index is 5.96. The fourth-order valence-electron chi connectivity index (χ4n) is 1.17. The fourth-order valence-corrected chi connectivity index (χ4v) is 1.99. The molecule has 0 amide bonds. The summed E-state index contributed by atoms with van der Waals surface area (Å²) >= 11 is 7.60. The van der Waals surface area contributed by atoms with Gasteiger partial charge in [-0.25, -0.2) is 0 Å². The number of rotatable bonds is 3. The number of ether oxygens (including phenoxy) is 1. The molecule has 2 rings (SSSR count). The molecule has 0 aliphatic heterocycles. The molecular weight excluding hydrogens is 230 g/mol. The molecule has 0 unspecified atom stereocenters. The Balaban J connectivity index is 2.07. The lowest BCUT2D eigenvalue weighted by Crippen LogP contribution is -1.95. The van der Waals surface area contributed by atoms with Crippen LogP contribution in [0.2, 0.25) is 5.02 Å². The smallest absolute Gasteiger partial charge is 0.140 e. The van der Waals surface area contributed by atoms with E-state index in [0.717, 1.165) is 5.56 Å². The molecule has 0 aliphatic carbocycles. The van der Waals surface area contributed by atoms with E-state index in [-0.39, 0.29) is 0 Å². The second-order valence-corrected chi connectivity index (χ2v) is 4.30. The molecule has 4 heteroatoms. The van der Waals surface area contributed by atoms with Crippen LogP contribution in [0.1, 0.15) is 5.56 Å². The third-order valence-electron chi connectivity index (χ3n) is 1.93. The zero-order valence-electron chi connectivity index (χ0n) is 7.94. The number of hydrogen-bond donors (Lipinski definition) is 1. The number of nitrogen functional groups attached to an aromatic ring is 1. The van der Waals surface area contributed by atoms with Crippen molar-refractivity contribution in [1.82, 2.24) is 0 Å². The summed E-state index contributed by atoms with van der Waals surface area (Å²) in [5, 5.41) is 4.64. The SMILES string of the molecule is Nc1ccc(Cl)c(OCc2ccsc2)c1. The summed E-state index contributed by atoms with van der Waals surface area (Å²) in [5.41, 5.74) is 7.43. The number of anilines is 1. The molecule has 0 spiro atoms. The van der Waals surface area contributed by atoms with Crippen molar-refractivity contribution < 1.29 is 4.74 Å². The van der Waals surface area contributed by atoms with Crippen molar-refractivity contribution in [1.29, 1.82) is 0 Å². The second-order valence-electron chi connectivity index (χ2n) is 3.11. The van der Waals surface area contributed by atoms with Crippen molar-refractivity contribution in [2.24, 2.45) is 0 Å². The highest BCUT2D eigenvalue weighted by Gasteiger charge is 2.02. The summed E-state index contributed by atoms with van der Waals surface area (Å²) < 4.78 is 5.56. The molecule has 0 bridgehead atoms. The van der Waals surface area contributed by atoms with Crippen LogP contribution in [0.25, 0.3) is 0 Å². The third-order valence-corrected chi connectivity index (χ3v) is 2.97. The van der Waals surface area contributed by atoms with Gasteiger partial charge in [0.1, 0.15) is 12.4 Å². The lowest BCUT2D eigenvalue weighted by atomic mass is 10.3. The van der Waals surface area contributed by atoms with E-state index in [1.807, 2.05) is 16.8 Å². The van der Waals surface area contributed by atoms with Crippen molar-refractivity contribution in [2.75, 3.05) is 5.73 Å². The first-order valence-corrected chi connectivity index (χ1v) is 5.76. The first-order valence-electron chi connectivity index (χ1n) is 4.44. The standard InChI is InChI=1S/C11H10ClNOS/c12-10-2-1-9(13)5-11(10)14-6-8-3-4-15-7-8/h1-5,7H,6,13H2. The van der Waals surface area contributed by atoms with E-state index < -0.39 is 0 Å². The van der Waals surface area contributed by atoms with Crippen LogP contribution in [0.3, 0.4) is 0 Å². The van der Waals surface area contributed by atoms with Crippen LogP contribution in [-0.4, -0.2) is 0 Å². The monoisotopic (exact) mass is 239 g/mol. The summed E-state index contributed by atoms with van der Waals surface area (Å²) in [6.07, 6.45) is 0. The minimum absolute atomic E-state index is 0.521. The van der Waals surface area contributed by atoms with Gasteiger partial charge in [0.25, 0.3) is 0 Å². The van der Waals surface area contributed by atoms with Gasteiger partial charge in [-0.05, 0) is 34.5 Å². The number of nitrogens with two attached hydrogens (primary N) is 1. The minimum atomic E-state index is 0.521. The molecule has 0 aliphatic rings. The number of halogens is 1. The Morgan fingerprint density at radius 3 is 2.93 bits per heavy atom. The molecule has 0 saturated heterocycles. The van der Waals surface area contributed by atoms with Crippen LogP contribution in [0.4, 0.5) is 5.69 Å². The van der Waals surface area contributed by atoms with Crippen molar-refractivity contribution >= 4 is 28.6 Å². The average Bonchev–Trinajstić information content (AvgIpc) is 2.72. The Morgan fingerprint density at radius 1 is 1.33 bits per heavy atom. The molecule has 78 valence electrons. The summed E-state index contributed by atoms with van der Waals surface area (Å²) in [6, 6.07) is 7.24. The first-order chi connectivity index (χ1) is 7.25. The Kier molecular flexibility index (Phi) is 3.14. The molecule has 0 fully saturated rings. The Labute approximate surface area is 97.3 Å². The summed E-state index contributed by atoms with van der Waals surface area (Å²) in [6.45, 7) is 0.521. The Hall–Kier alpha value is -1.19. The van der Waals surface area contributed by atoms with Gasteiger partial charge in [0.2, 0.25) is 0 Å². The summed E-state index contributed by atoms with van der Waals surface area (Å²) in [7, 11) is 0. The summed E-state index contributed by atoms with van der Waals surface area (Å²) in [4.78, 5) is 0. The van der Waals surface area contributed by atoms with E-state index in [2.05, 4.69) is 0 Å². The molecule has 0 saturated carbocycles. The highest BCUT2D eigenvalue weighted by molar-refractivity contribution is 7.07. The Bertz CT molecular complexity index is 442. The van der Waals surface area contributed by atoms with Crippen LogP contribution in [-0.2, 0) is 6.61 Å². The molecule has 1 aromatic carbocycles. The lowest BCUT2D eigenvalue weighted by Gasteiger charge is -2.07. The normalized spacial score (nSPS) is 10.2. The van der Waals surface area contributed by atoms with Gasteiger partial charge in [-0.2, -0.15) is 11.3 Å². The molecule has 1 heterocycles. The van der Waals surface area contributed by atoms with Crippen molar-refractivity contribution in [3.05, 3.63) is 45.6 Å². The van der Waals surface area contributed by atoms with E-state index in [4.69, 9.17) is 22.1 Å². The number of benzene rings is 1. The number of thiophene rings is 1. The lowest BCUT2D eigenvalue weighted by molar-refractivity contribution is 0.307. The van der Waals surface area contributed by atoms with Gasteiger partial charge in [-0.15, -0.1) is 0 Å². The van der Waals surface area contributed by atoms with E-state index in [1.54, 1.807) is 29.5 Å². The van der Waals surface area contributed by atoms with E-state index in [1.165, 1.54) is 0 Å². The number of hydrogen-bond acceptors (Lipinski definition) is 3. The largest absolute Gasteiger partial charge is 0.487 e. The van der Waals surface area contributed by atoms with Gasteiger partial charge in [-0.1, -0.05) is 11.6 Å².